The van der Waals surface area contributed by atoms with Gasteiger partial charge in [-0.3, -0.25) is 4.79 Å². The van der Waals surface area contributed by atoms with Gasteiger partial charge in [-0.15, -0.1) is 0 Å². The average Bonchev–Trinajstić information content (AvgIpc) is 3.30. The van der Waals surface area contributed by atoms with Crippen molar-refractivity contribution < 1.29 is 9.53 Å². The summed E-state index contributed by atoms with van der Waals surface area (Å²) in [5.74, 6) is 0.814. The molecule has 2 aromatic carbocycles. The van der Waals surface area contributed by atoms with Crippen LogP contribution in [0.15, 0.2) is 54.7 Å². The number of carbonyl (C=O) groups is 1. The number of likely N-dealkylation sites (tertiary alicyclic amines) is 1. The first-order chi connectivity index (χ1) is 15.4. The third-order valence-corrected chi connectivity index (χ3v) is 6.88. The lowest BCUT2D eigenvalue weighted by Crippen LogP contribution is -2.51. The molecule has 7 heteroatoms. The maximum Gasteiger partial charge on any atom is 0.253 e. The van der Waals surface area contributed by atoms with Crippen LogP contribution in [0, 0.1) is 0 Å². The highest BCUT2D eigenvalue weighted by Gasteiger charge is 2.42. The standard InChI is InChI=1S/C25H27ClN4O2/c1-28(2)21-15-17(6-9-22(21)32-3)24(31)29-13-10-25(11-14-29)23-5-4-12-30(23)20-8-7-18(26)16-19(20)27-25/h4-9,12,15-16,27H,10-11,13-14H2,1-3H3. The van der Waals surface area contributed by atoms with Crippen molar-refractivity contribution in [2.24, 2.45) is 0 Å². The fourth-order valence-corrected chi connectivity index (χ4v) is 5.12. The van der Waals surface area contributed by atoms with Crippen molar-refractivity contribution in [1.29, 1.82) is 0 Å². The van der Waals surface area contributed by atoms with E-state index < -0.39 is 0 Å². The number of anilines is 2. The number of ether oxygens (including phenoxy) is 1. The number of carbonyl (C=O) groups excluding carboxylic acids is 1. The number of halogens is 1. The van der Waals surface area contributed by atoms with E-state index in [1.165, 1.54) is 5.69 Å². The predicted octanol–water partition coefficient (Wildman–Crippen LogP) is 4.76. The van der Waals surface area contributed by atoms with E-state index in [0.717, 1.165) is 35.7 Å². The first kappa shape index (κ1) is 20.8. The summed E-state index contributed by atoms with van der Waals surface area (Å²) in [5, 5.41) is 4.48. The predicted molar refractivity (Wildman–Crippen MR) is 129 cm³/mol. The summed E-state index contributed by atoms with van der Waals surface area (Å²) >= 11 is 6.28. The first-order valence-corrected chi connectivity index (χ1v) is 11.2. The molecule has 2 aliphatic heterocycles. The fraction of sp³-hybridized carbons (Fsp3) is 0.320. The molecule has 5 rings (SSSR count). The number of nitrogens with one attached hydrogen (secondary N) is 1. The van der Waals surface area contributed by atoms with Crippen LogP contribution in [0.4, 0.5) is 11.4 Å². The van der Waals surface area contributed by atoms with Crippen LogP contribution < -0.4 is 15.0 Å². The van der Waals surface area contributed by atoms with Gasteiger partial charge in [0, 0.05) is 49.7 Å². The number of methoxy groups -OCH3 is 1. The van der Waals surface area contributed by atoms with Crippen molar-refractivity contribution >= 4 is 28.9 Å². The van der Waals surface area contributed by atoms with Crippen molar-refractivity contribution in [2.75, 3.05) is 44.5 Å². The smallest absolute Gasteiger partial charge is 0.253 e. The molecule has 6 nitrogen and oxygen atoms in total. The Morgan fingerprint density at radius 2 is 1.91 bits per heavy atom. The highest BCUT2D eigenvalue weighted by atomic mass is 35.5. The molecule has 1 spiro atoms. The zero-order chi connectivity index (χ0) is 22.5. The lowest BCUT2D eigenvalue weighted by molar-refractivity contribution is 0.0676. The van der Waals surface area contributed by atoms with Crippen molar-refractivity contribution in [3.05, 3.63) is 71.0 Å². The second kappa shape index (κ2) is 7.78. The van der Waals surface area contributed by atoms with E-state index in [2.05, 4.69) is 28.2 Å². The summed E-state index contributed by atoms with van der Waals surface area (Å²) in [7, 11) is 5.54. The van der Waals surface area contributed by atoms with Gasteiger partial charge in [-0.1, -0.05) is 11.6 Å². The number of rotatable bonds is 3. The molecule has 1 amide bonds. The van der Waals surface area contributed by atoms with E-state index in [4.69, 9.17) is 16.3 Å². The Kier molecular flexibility index (Phi) is 5.05. The molecule has 3 aromatic rings. The van der Waals surface area contributed by atoms with Crippen LogP contribution in [-0.4, -0.2) is 49.7 Å². The lowest BCUT2D eigenvalue weighted by Gasteiger charge is -2.46. The van der Waals surface area contributed by atoms with E-state index in [9.17, 15) is 4.79 Å². The van der Waals surface area contributed by atoms with Crippen LogP contribution in [0.2, 0.25) is 5.02 Å². The van der Waals surface area contributed by atoms with Crippen molar-refractivity contribution in [3.63, 3.8) is 0 Å². The number of aromatic nitrogens is 1. The van der Waals surface area contributed by atoms with Gasteiger partial charge in [-0.05, 0) is 61.4 Å². The molecule has 0 unspecified atom stereocenters. The normalized spacial score (nSPS) is 16.2. The van der Waals surface area contributed by atoms with Gasteiger partial charge in [0.15, 0.2) is 0 Å². The van der Waals surface area contributed by atoms with Gasteiger partial charge in [0.2, 0.25) is 0 Å². The van der Waals surface area contributed by atoms with E-state index in [1.807, 2.05) is 60.3 Å². The minimum Gasteiger partial charge on any atom is -0.495 e. The quantitative estimate of drug-likeness (QED) is 0.625. The van der Waals surface area contributed by atoms with Gasteiger partial charge >= 0.3 is 0 Å². The van der Waals surface area contributed by atoms with Crippen LogP contribution >= 0.6 is 11.6 Å². The molecule has 1 N–H and O–H groups in total. The Morgan fingerprint density at radius 1 is 1.12 bits per heavy atom. The number of benzene rings is 2. The van der Waals surface area contributed by atoms with Crippen molar-refractivity contribution in [3.8, 4) is 11.4 Å². The number of piperidine rings is 1. The molecule has 0 aliphatic carbocycles. The molecule has 1 fully saturated rings. The Bertz CT molecular complexity index is 1180. The molecule has 2 aliphatic rings. The highest BCUT2D eigenvalue weighted by Crippen LogP contribution is 2.44. The van der Waals surface area contributed by atoms with Gasteiger partial charge in [-0.25, -0.2) is 0 Å². The average molecular weight is 451 g/mol. The van der Waals surface area contributed by atoms with Crippen molar-refractivity contribution in [1.82, 2.24) is 9.47 Å². The highest BCUT2D eigenvalue weighted by molar-refractivity contribution is 6.31. The molecule has 0 radical (unpaired) electrons. The summed E-state index contributed by atoms with van der Waals surface area (Å²) in [5.41, 5.74) is 4.74. The van der Waals surface area contributed by atoms with E-state index in [1.54, 1.807) is 7.11 Å². The first-order valence-electron chi connectivity index (χ1n) is 10.8. The van der Waals surface area contributed by atoms with Gasteiger partial charge in [0.25, 0.3) is 5.91 Å². The molecule has 32 heavy (non-hydrogen) atoms. The number of hydrogen-bond donors (Lipinski definition) is 1. The third kappa shape index (κ3) is 3.30. The lowest BCUT2D eigenvalue weighted by atomic mass is 9.82. The SMILES string of the molecule is COc1ccc(C(=O)N2CCC3(CC2)Nc2cc(Cl)ccc2-n2cccc23)cc1N(C)C. The van der Waals surface area contributed by atoms with Gasteiger partial charge < -0.3 is 24.4 Å². The Labute approximate surface area is 193 Å². The van der Waals surface area contributed by atoms with Crippen LogP contribution in [0.25, 0.3) is 5.69 Å². The summed E-state index contributed by atoms with van der Waals surface area (Å²) in [6.07, 6.45) is 3.75. The third-order valence-electron chi connectivity index (χ3n) is 6.64. The molecule has 1 saturated heterocycles. The Hall–Kier alpha value is -3.12. The number of amides is 1. The fourth-order valence-electron chi connectivity index (χ4n) is 4.95. The largest absolute Gasteiger partial charge is 0.495 e. The molecule has 3 heterocycles. The van der Waals surface area contributed by atoms with Gasteiger partial charge in [-0.2, -0.15) is 0 Å². The maximum atomic E-state index is 13.3. The van der Waals surface area contributed by atoms with Gasteiger partial charge in [0.1, 0.15) is 5.75 Å². The minimum atomic E-state index is -0.216. The monoisotopic (exact) mass is 450 g/mol. The number of nitrogens with zero attached hydrogens (tertiary/aromatic N) is 3. The topological polar surface area (TPSA) is 49.7 Å². The zero-order valence-corrected chi connectivity index (χ0v) is 19.3. The van der Waals surface area contributed by atoms with Gasteiger partial charge in [0.05, 0.1) is 29.7 Å². The molecule has 166 valence electrons. The minimum absolute atomic E-state index is 0.0558. The van der Waals surface area contributed by atoms with Crippen LogP contribution in [0.3, 0.4) is 0 Å². The number of fused-ring (bicyclic) bond motifs is 4. The molecule has 1 aromatic heterocycles. The van der Waals surface area contributed by atoms with E-state index in [-0.39, 0.29) is 11.4 Å². The molecule has 0 atom stereocenters. The zero-order valence-electron chi connectivity index (χ0n) is 18.6. The second-order valence-electron chi connectivity index (χ2n) is 8.71. The summed E-state index contributed by atoms with van der Waals surface area (Å²) in [6.45, 7) is 1.35. The molecular formula is C25H27ClN4O2. The summed E-state index contributed by atoms with van der Waals surface area (Å²) < 4.78 is 7.68. The van der Waals surface area contributed by atoms with Crippen molar-refractivity contribution in [2.45, 2.75) is 18.4 Å². The van der Waals surface area contributed by atoms with Crippen LogP contribution in [-0.2, 0) is 5.54 Å². The van der Waals surface area contributed by atoms with Crippen LogP contribution in [0.5, 0.6) is 5.75 Å². The Morgan fingerprint density at radius 3 is 2.62 bits per heavy atom. The van der Waals surface area contributed by atoms with E-state index >= 15 is 0 Å². The Balaban J connectivity index is 1.39. The molecular weight excluding hydrogens is 424 g/mol. The number of hydrogen-bond acceptors (Lipinski definition) is 4. The molecule has 0 bridgehead atoms. The van der Waals surface area contributed by atoms with Crippen LogP contribution in [0.1, 0.15) is 28.9 Å². The second-order valence-corrected chi connectivity index (χ2v) is 9.14. The molecule has 0 saturated carbocycles. The summed E-state index contributed by atoms with van der Waals surface area (Å²) in [4.78, 5) is 17.2. The maximum absolute atomic E-state index is 13.3. The summed E-state index contributed by atoms with van der Waals surface area (Å²) in [6, 6.07) is 15.8. The van der Waals surface area contributed by atoms with E-state index in [0.29, 0.717) is 23.7 Å².